The van der Waals surface area contributed by atoms with E-state index in [1.807, 2.05) is 0 Å². The first-order chi connectivity index (χ1) is 30.3. The van der Waals surface area contributed by atoms with Gasteiger partial charge in [-0.1, -0.05) is 207 Å². The fraction of sp³-hybridized carbons (Fsp3) is 0.778. The van der Waals surface area contributed by atoms with Gasteiger partial charge in [0.25, 0.3) is 0 Å². The zero-order valence-electron chi connectivity index (χ0n) is 40.1. The van der Waals surface area contributed by atoms with Crippen molar-refractivity contribution in [2.45, 2.75) is 244 Å². The van der Waals surface area contributed by atoms with Crippen LogP contribution in [0.3, 0.4) is 0 Å². The molecule has 2 unspecified atom stereocenters. The normalized spacial score (nSPS) is 12.5. The molecule has 8 nitrogen and oxygen atoms in total. The van der Waals surface area contributed by atoms with Gasteiger partial charge in [-0.15, -0.1) is 0 Å². The molecule has 0 bridgehead atoms. The minimum Gasteiger partial charge on any atom is -0.463 e. The summed E-state index contributed by atoms with van der Waals surface area (Å²) in [5.41, 5.74) is -0.465. The second-order valence-corrected chi connectivity index (χ2v) is 17.5. The van der Waals surface area contributed by atoms with Crippen LogP contribution in [0.2, 0.25) is 0 Å². The number of carbonyl (C=O) groups is 4. The molecule has 0 aromatic rings. The van der Waals surface area contributed by atoms with Crippen LogP contribution in [-0.2, 0) is 38.1 Å². The SMILES string of the molecule is C=CC(=O)OCCCCCCCCCCCC(CCCCCCCCCCOC(=O)C=C)(OC(=O)C=C)C(CCCCCCCCCC)CCCCCCCCCOC(=O)C=C. The second kappa shape index (κ2) is 44.4. The number of carbonyl (C=O) groups excluding carboxylic acids is 4. The molecule has 0 aromatic carbocycles. The van der Waals surface area contributed by atoms with Crippen LogP contribution in [0, 0.1) is 5.92 Å². The Balaban J connectivity index is 5.55. The monoisotopic (exact) mass is 871 g/mol. The van der Waals surface area contributed by atoms with Gasteiger partial charge in [-0.3, -0.25) is 0 Å². The van der Waals surface area contributed by atoms with Gasteiger partial charge >= 0.3 is 23.9 Å². The Hall–Kier alpha value is -3.16. The summed E-state index contributed by atoms with van der Waals surface area (Å²) < 4.78 is 22.0. The molecule has 0 saturated carbocycles. The Labute approximate surface area is 380 Å². The minimum absolute atomic E-state index is 0.275. The predicted octanol–water partition coefficient (Wildman–Crippen LogP) is 15.3. The van der Waals surface area contributed by atoms with E-state index in [-0.39, 0.29) is 23.9 Å². The standard InChI is InChI=1S/C54H94O8/c1-6-11-12-13-14-21-28-35-42-49(43-36-29-22-20-27-34-41-48-61-52(57)9-4)54(62-53(58)10-5,45-38-31-24-17-19-26-33-40-47-60-51(56)8-3)44-37-30-23-16-15-18-25-32-39-46-59-50(55)7-2/h7-10,49H,2-6,11-48H2,1H3. The summed E-state index contributed by atoms with van der Waals surface area (Å²) in [6, 6.07) is 0. The molecule has 62 heavy (non-hydrogen) atoms. The maximum atomic E-state index is 13.3. The Morgan fingerprint density at radius 3 is 0.919 bits per heavy atom. The van der Waals surface area contributed by atoms with E-state index in [4.69, 9.17) is 18.9 Å². The van der Waals surface area contributed by atoms with Crippen molar-refractivity contribution in [1.82, 2.24) is 0 Å². The summed E-state index contributed by atoms with van der Waals surface area (Å²) in [6.45, 7) is 17.9. The van der Waals surface area contributed by atoms with Crippen LogP contribution in [0.4, 0.5) is 0 Å². The van der Waals surface area contributed by atoms with Crippen molar-refractivity contribution in [3.05, 3.63) is 50.6 Å². The zero-order valence-corrected chi connectivity index (χ0v) is 40.1. The lowest BCUT2D eigenvalue weighted by molar-refractivity contribution is -0.164. The molecule has 0 N–H and O–H groups in total. The Kier molecular flexibility index (Phi) is 42.2. The number of hydrogen-bond donors (Lipinski definition) is 0. The largest absolute Gasteiger partial charge is 0.463 e. The molecule has 2 atom stereocenters. The molecule has 0 amide bonds. The Morgan fingerprint density at radius 2 is 0.629 bits per heavy atom. The van der Waals surface area contributed by atoms with E-state index in [1.54, 1.807) is 0 Å². The summed E-state index contributed by atoms with van der Waals surface area (Å²) in [5, 5.41) is 0. The average Bonchev–Trinajstić information content (AvgIpc) is 3.28. The van der Waals surface area contributed by atoms with E-state index < -0.39 is 5.60 Å². The topological polar surface area (TPSA) is 105 Å². The molecule has 8 heteroatoms. The molecule has 0 aromatic heterocycles. The number of ether oxygens (including phenoxy) is 4. The summed E-state index contributed by atoms with van der Waals surface area (Å²) >= 11 is 0. The molecule has 0 rings (SSSR count). The smallest absolute Gasteiger partial charge is 0.330 e. The van der Waals surface area contributed by atoms with Crippen LogP contribution in [0.25, 0.3) is 0 Å². The fourth-order valence-electron chi connectivity index (χ4n) is 8.58. The molecule has 0 heterocycles. The molecule has 0 fully saturated rings. The van der Waals surface area contributed by atoms with E-state index in [0.717, 1.165) is 116 Å². The second-order valence-electron chi connectivity index (χ2n) is 17.5. The zero-order chi connectivity index (χ0) is 45.6. The molecular formula is C54H94O8. The van der Waals surface area contributed by atoms with Gasteiger partial charge in [0, 0.05) is 24.3 Å². The van der Waals surface area contributed by atoms with Gasteiger partial charge in [0.1, 0.15) is 5.60 Å². The summed E-state index contributed by atoms with van der Waals surface area (Å²) in [4.78, 5) is 47.1. The highest BCUT2D eigenvalue weighted by Gasteiger charge is 2.40. The van der Waals surface area contributed by atoms with Crippen molar-refractivity contribution in [3.8, 4) is 0 Å². The van der Waals surface area contributed by atoms with Crippen LogP contribution in [0.1, 0.15) is 238 Å². The van der Waals surface area contributed by atoms with Gasteiger partial charge < -0.3 is 18.9 Å². The van der Waals surface area contributed by atoms with Crippen molar-refractivity contribution in [2.75, 3.05) is 19.8 Å². The summed E-state index contributed by atoms with van der Waals surface area (Å²) in [7, 11) is 0. The number of hydrogen-bond acceptors (Lipinski definition) is 8. The van der Waals surface area contributed by atoms with Crippen LogP contribution in [-0.4, -0.2) is 49.3 Å². The molecule has 0 saturated heterocycles. The average molecular weight is 871 g/mol. The minimum atomic E-state index is -0.465. The highest BCUT2D eigenvalue weighted by atomic mass is 16.6. The van der Waals surface area contributed by atoms with Crippen LogP contribution in [0.15, 0.2) is 50.6 Å². The lowest BCUT2D eigenvalue weighted by Crippen LogP contribution is -2.43. The highest BCUT2D eigenvalue weighted by molar-refractivity contribution is 5.82. The van der Waals surface area contributed by atoms with Crippen molar-refractivity contribution < 1.29 is 38.1 Å². The van der Waals surface area contributed by atoms with Crippen molar-refractivity contribution in [1.29, 1.82) is 0 Å². The summed E-state index contributed by atoms with van der Waals surface area (Å²) in [5.74, 6) is -0.974. The first-order valence-corrected chi connectivity index (χ1v) is 25.5. The number of rotatable bonds is 48. The highest BCUT2D eigenvalue weighted by Crippen LogP contribution is 2.41. The van der Waals surface area contributed by atoms with Gasteiger partial charge in [0.05, 0.1) is 19.8 Å². The third kappa shape index (κ3) is 36.3. The van der Waals surface area contributed by atoms with Crippen LogP contribution < -0.4 is 0 Å². The van der Waals surface area contributed by atoms with Crippen LogP contribution in [0.5, 0.6) is 0 Å². The third-order valence-corrected chi connectivity index (χ3v) is 12.3. The molecule has 358 valence electrons. The number of unbranched alkanes of at least 4 members (excludes halogenated alkanes) is 28. The van der Waals surface area contributed by atoms with E-state index in [2.05, 4.69) is 33.2 Å². The predicted molar refractivity (Wildman–Crippen MR) is 258 cm³/mol. The lowest BCUT2D eigenvalue weighted by Gasteiger charge is -2.41. The van der Waals surface area contributed by atoms with Gasteiger partial charge in [0.2, 0.25) is 0 Å². The van der Waals surface area contributed by atoms with Crippen molar-refractivity contribution >= 4 is 23.9 Å². The van der Waals surface area contributed by atoms with E-state index in [0.29, 0.717) is 25.7 Å². The quantitative estimate of drug-likeness (QED) is 0.0258. The molecule has 0 aliphatic heterocycles. The Morgan fingerprint density at radius 1 is 0.371 bits per heavy atom. The first kappa shape index (κ1) is 58.8. The van der Waals surface area contributed by atoms with Crippen molar-refractivity contribution in [3.63, 3.8) is 0 Å². The van der Waals surface area contributed by atoms with Crippen LogP contribution >= 0.6 is 0 Å². The molecule has 0 aliphatic carbocycles. The molecule has 0 spiro atoms. The van der Waals surface area contributed by atoms with E-state index in [1.165, 1.54) is 140 Å². The van der Waals surface area contributed by atoms with Gasteiger partial charge in [0.15, 0.2) is 0 Å². The van der Waals surface area contributed by atoms with Gasteiger partial charge in [-0.05, 0) is 63.7 Å². The Bertz CT molecular complexity index is 1150. The maximum absolute atomic E-state index is 13.3. The molecule has 0 radical (unpaired) electrons. The maximum Gasteiger partial charge on any atom is 0.330 e. The third-order valence-electron chi connectivity index (χ3n) is 12.3. The molecular weight excluding hydrogens is 777 g/mol. The van der Waals surface area contributed by atoms with E-state index in [9.17, 15) is 19.2 Å². The van der Waals surface area contributed by atoms with Gasteiger partial charge in [-0.25, -0.2) is 19.2 Å². The first-order valence-electron chi connectivity index (χ1n) is 25.5. The van der Waals surface area contributed by atoms with Gasteiger partial charge in [-0.2, -0.15) is 0 Å². The lowest BCUT2D eigenvalue weighted by atomic mass is 9.73. The fourth-order valence-corrected chi connectivity index (χ4v) is 8.58. The summed E-state index contributed by atoms with van der Waals surface area (Å²) in [6.07, 6.45) is 46.2. The molecule has 0 aliphatic rings. The number of esters is 4. The van der Waals surface area contributed by atoms with Crippen molar-refractivity contribution in [2.24, 2.45) is 5.92 Å². The van der Waals surface area contributed by atoms with E-state index >= 15 is 0 Å².